The van der Waals surface area contributed by atoms with E-state index >= 15 is 0 Å². The third kappa shape index (κ3) is 28.6. The van der Waals surface area contributed by atoms with Crippen LogP contribution in [0.5, 0.6) is 0 Å². The lowest BCUT2D eigenvalue weighted by atomic mass is 9.71. The Hall–Kier alpha value is -0.950. The third-order valence-corrected chi connectivity index (χ3v) is 12.2. The van der Waals surface area contributed by atoms with E-state index in [1.54, 1.807) is 0 Å². The maximum absolute atomic E-state index is 4.64. The van der Waals surface area contributed by atoms with E-state index in [0.717, 1.165) is 48.7 Å². The van der Waals surface area contributed by atoms with Crippen LogP contribution in [0.15, 0.2) is 60.8 Å². The first kappa shape index (κ1) is 47.1. The SMILES string of the molecule is C=C(CCCCCCC/C=C\C/C=C\C/C=C\CC)CCC(CC(=C)CCCCCCCCCCCCCCC)CC1CCC(CS)CC1C. The fraction of sp³-hybridized carbons (Fsp3) is 0.796. The monoisotopic (exact) mass is 709 g/mol. The lowest BCUT2D eigenvalue weighted by molar-refractivity contribution is 0.170. The van der Waals surface area contributed by atoms with E-state index in [-0.39, 0.29) is 0 Å². The molecule has 1 saturated carbocycles. The summed E-state index contributed by atoms with van der Waals surface area (Å²) in [5, 5.41) is 0. The molecule has 1 aliphatic rings. The second-order valence-corrected chi connectivity index (χ2v) is 16.9. The molecular formula is C49H88S. The lowest BCUT2D eigenvalue weighted by Gasteiger charge is -2.36. The van der Waals surface area contributed by atoms with Gasteiger partial charge in [0.2, 0.25) is 0 Å². The fourth-order valence-electron chi connectivity index (χ4n) is 8.25. The number of hydrogen-bond acceptors (Lipinski definition) is 1. The largest absolute Gasteiger partial charge is 0.179 e. The highest BCUT2D eigenvalue weighted by Gasteiger charge is 2.29. The van der Waals surface area contributed by atoms with Crippen LogP contribution in [0.3, 0.4) is 0 Å². The summed E-state index contributed by atoms with van der Waals surface area (Å²) in [5.41, 5.74) is 3.04. The molecule has 0 aliphatic heterocycles. The molecule has 290 valence electrons. The Morgan fingerprint density at radius 3 is 1.70 bits per heavy atom. The maximum atomic E-state index is 4.64. The highest BCUT2D eigenvalue weighted by Crippen LogP contribution is 2.40. The van der Waals surface area contributed by atoms with Crippen LogP contribution in [0.2, 0.25) is 0 Å². The van der Waals surface area contributed by atoms with Crippen molar-refractivity contribution in [2.75, 3.05) is 5.75 Å². The van der Waals surface area contributed by atoms with Crippen molar-refractivity contribution in [3.8, 4) is 0 Å². The predicted octanol–water partition coefficient (Wildman–Crippen LogP) is 17.3. The zero-order valence-electron chi connectivity index (χ0n) is 34.3. The number of rotatable bonds is 35. The van der Waals surface area contributed by atoms with Gasteiger partial charge in [-0.05, 0) is 132 Å². The van der Waals surface area contributed by atoms with E-state index < -0.39 is 0 Å². The van der Waals surface area contributed by atoms with E-state index in [9.17, 15) is 0 Å². The zero-order chi connectivity index (χ0) is 36.3. The Bertz CT molecular complexity index is 860. The molecule has 0 saturated heterocycles. The van der Waals surface area contributed by atoms with Crippen molar-refractivity contribution in [2.24, 2.45) is 23.7 Å². The van der Waals surface area contributed by atoms with Crippen molar-refractivity contribution in [1.82, 2.24) is 0 Å². The average molecular weight is 709 g/mol. The van der Waals surface area contributed by atoms with Crippen molar-refractivity contribution < 1.29 is 0 Å². The molecule has 1 aliphatic carbocycles. The van der Waals surface area contributed by atoms with E-state index in [1.165, 1.54) is 191 Å². The Kier molecular flexibility index (Phi) is 33.0. The lowest BCUT2D eigenvalue weighted by Crippen LogP contribution is -2.26. The molecule has 0 spiro atoms. The van der Waals surface area contributed by atoms with Crippen LogP contribution in [0.1, 0.15) is 220 Å². The Morgan fingerprint density at radius 2 is 1.14 bits per heavy atom. The second-order valence-electron chi connectivity index (χ2n) is 16.5. The van der Waals surface area contributed by atoms with Crippen LogP contribution in [0, 0.1) is 23.7 Å². The minimum atomic E-state index is 0.794. The summed E-state index contributed by atoms with van der Waals surface area (Å²) in [4.78, 5) is 0. The second kappa shape index (κ2) is 35.1. The van der Waals surface area contributed by atoms with Gasteiger partial charge in [-0.1, -0.05) is 178 Å². The standard InChI is InChI=1S/C49H88S/c1-6-8-10-12-14-16-18-20-21-23-24-26-28-30-32-34-44(3)36-37-47(42-49-39-38-48(43-50)41-46(49)5)40-45(4)35-33-31-29-27-25-22-19-17-15-13-11-9-7-2/h8,10,14,16,20-21,46-50H,3-4,6-7,9,11-13,15,17-19,22-43H2,1-2,5H3/b10-8-,16-14-,21-20-. The molecule has 0 N–H and O–H groups in total. The summed E-state index contributed by atoms with van der Waals surface area (Å²) in [6.45, 7) is 16.2. The molecule has 4 atom stereocenters. The quantitative estimate of drug-likeness (QED) is 0.0378. The van der Waals surface area contributed by atoms with Crippen LogP contribution >= 0.6 is 12.6 Å². The van der Waals surface area contributed by atoms with Gasteiger partial charge in [-0.25, -0.2) is 0 Å². The van der Waals surface area contributed by atoms with Crippen LogP contribution in [0.4, 0.5) is 0 Å². The van der Waals surface area contributed by atoms with Gasteiger partial charge in [-0.3, -0.25) is 0 Å². The molecule has 0 heterocycles. The van der Waals surface area contributed by atoms with Crippen molar-refractivity contribution in [3.05, 3.63) is 60.8 Å². The van der Waals surface area contributed by atoms with Gasteiger partial charge in [0.1, 0.15) is 0 Å². The first-order valence-corrected chi connectivity index (χ1v) is 23.0. The molecule has 1 heteroatoms. The first-order valence-electron chi connectivity index (χ1n) is 22.4. The topological polar surface area (TPSA) is 0 Å². The predicted molar refractivity (Wildman–Crippen MR) is 234 cm³/mol. The highest BCUT2D eigenvalue weighted by atomic mass is 32.1. The Labute approximate surface area is 321 Å². The van der Waals surface area contributed by atoms with E-state index in [2.05, 4.69) is 83.0 Å². The van der Waals surface area contributed by atoms with Gasteiger partial charge in [0.25, 0.3) is 0 Å². The highest BCUT2D eigenvalue weighted by molar-refractivity contribution is 7.80. The molecule has 0 aromatic heterocycles. The van der Waals surface area contributed by atoms with E-state index in [4.69, 9.17) is 0 Å². The van der Waals surface area contributed by atoms with Crippen molar-refractivity contribution in [2.45, 2.75) is 220 Å². The molecule has 0 aromatic rings. The van der Waals surface area contributed by atoms with Gasteiger partial charge in [-0.2, -0.15) is 12.6 Å². The summed E-state index contributed by atoms with van der Waals surface area (Å²) in [7, 11) is 0. The van der Waals surface area contributed by atoms with Gasteiger partial charge in [0.15, 0.2) is 0 Å². The molecule has 1 rings (SSSR count). The zero-order valence-corrected chi connectivity index (χ0v) is 35.2. The van der Waals surface area contributed by atoms with E-state index in [1.807, 2.05) is 0 Å². The number of unbranched alkanes of at least 4 members (excludes halogenated alkanes) is 17. The van der Waals surface area contributed by atoms with Crippen LogP contribution in [-0.2, 0) is 0 Å². The Balaban J connectivity index is 2.26. The number of allylic oxidation sites excluding steroid dienone is 8. The molecule has 0 bridgehead atoms. The van der Waals surface area contributed by atoms with Crippen LogP contribution in [-0.4, -0.2) is 5.75 Å². The van der Waals surface area contributed by atoms with Crippen molar-refractivity contribution in [3.63, 3.8) is 0 Å². The van der Waals surface area contributed by atoms with Gasteiger partial charge in [0.05, 0.1) is 0 Å². The summed E-state index contributed by atoms with van der Waals surface area (Å²) < 4.78 is 0. The van der Waals surface area contributed by atoms with Gasteiger partial charge >= 0.3 is 0 Å². The van der Waals surface area contributed by atoms with Crippen molar-refractivity contribution in [1.29, 1.82) is 0 Å². The molecule has 0 nitrogen and oxygen atoms in total. The summed E-state index contributed by atoms with van der Waals surface area (Å²) in [6.07, 6.45) is 55.5. The number of hydrogen-bond donors (Lipinski definition) is 1. The molecular weight excluding hydrogens is 621 g/mol. The normalized spacial score (nSPS) is 18.9. The first-order chi connectivity index (χ1) is 24.5. The average Bonchev–Trinajstić information content (AvgIpc) is 3.11. The minimum Gasteiger partial charge on any atom is -0.179 e. The molecule has 0 aromatic carbocycles. The van der Waals surface area contributed by atoms with Crippen molar-refractivity contribution >= 4 is 12.6 Å². The van der Waals surface area contributed by atoms with Gasteiger partial charge < -0.3 is 0 Å². The van der Waals surface area contributed by atoms with Gasteiger partial charge in [0, 0.05) is 0 Å². The van der Waals surface area contributed by atoms with E-state index in [0.29, 0.717) is 0 Å². The van der Waals surface area contributed by atoms with Gasteiger partial charge in [-0.15, -0.1) is 0 Å². The summed E-state index contributed by atoms with van der Waals surface area (Å²) in [6, 6.07) is 0. The molecule has 50 heavy (non-hydrogen) atoms. The minimum absolute atomic E-state index is 0.794. The maximum Gasteiger partial charge on any atom is -0.00694 e. The molecule has 0 radical (unpaired) electrons. The van der Waals surface area contributed by atoms with Crippen LogP contribution < -0.4 is 0 Å². The molecule has 4 unspecified atom stereocenters. The van der Waals surface area contributed by atoms with Crippen LogP contribution in [0.25, 0.3) is 0 Å². The smallest absolute Gasteiger partial charge is 0.00694 e. The molecule has 1 fully saturated rings. The summed E-state index contributed by atoms with van der Waals surface area (Å²) in [5.74, 6) is 4.46. The summed E-state index contributed by atoms with van der Waals surface area (Å²) >= 11 is 4.64. The Morgan fingerprint density at radius 1 is 0.620 bits per heavy atom. The molecule has 0 amide bonds. The third-order valence-electron chi connectivity index (χ3n) is 11.6. The number of thiol groups is 1. The fourth-order valence-corrected chi connectivity index (χ4v) is 8.58.